The summed E-state index contributed by atoms with van der Waals surface area (Å²) in [5.74, 6) is 0. The predicted molar refractivity (Wildman–Crippen MR) is 77.6 cm³/mol. The van der Waals surface area contributed by atoms with Gasteiger partial charge >= 0.3 is 12.2 Å². The fourth-order valence-corrected chi connectivity index (χ4v) is 1.70. The molecule has 0 unspecified atom stereocenters. The maximum Gasteiger partial charge on any atom is 0.411 e. The average Bonchev–Trinajstić information content (AvgIpc) is 2.49. The molecule has 0 aliphatic heterocycles. The minimum Gasteiger partial charge on any atom is -0.395 e. The third-order valence-electron chi connectivity index (χ3n) is 2.74. The molecule has 0 aliphatic carbocycles. The number of carbonyl (C=O) groups excluding carboxylic acids is 1. The van der Waals surface area contributed by atoms with Crippen molar-refractivity contribution >= 4 is 17.4 Å². The van der Waals surface area contributed by atoms with Crippen molar-refractivity contribution < 1.29 is 32.7 Å². The lowest BCUT2D eigenvalue weighted by atomic mass is 10.3. The van der Waals surface area contributed by atoms with Gasteiger partial charge < -0.3 is 20.1 Å². The Kier molecular flexibility index (Phi) is 7.39. The number of halogens is 3. The summed E-state index contributed by atoms with van der Waals surface area (Å²) in [5, 5.41) is 22.0. The molecule has 1 aromatic rings. The highest BCUT2D eigenvalue weighted by Crippen LogP contribution is 2.17. The number of benzene rings is 1. The molecule has 0 atom stereocenters. The van der Waals surface area contributed by atoms with Crippen molar-refractivity contribution in [3.63, 3.8) is 0 Å². The number of aliphatic hydroxyl groups excluding tert-OH is 1. The van der Waals surface area contributed by atoms with E-state index in [9.17, 15) is 28.1 Å². The number of nitro benzene ring substituents is 1. The van der Waals surface area contributed by atoms with Gasteiger partial charge in [-0.15, -0.1) is 0 Å². The Morgan fingerprint density at radius 3 is 2.67 bits per heavy atom. The van der Waals surface area contributed by atoms with Gasteiger partial charge in [0.05, 0.1) is 18.1 Å². The SMILES string of the molecule is O=C(Nc1cccc([N+](=O)[O-])c1)N(CCO)CCOCC(F)(F)F. The van der Waals surface area contributed by atoms with Gasteiger partial charge in [-0.25, -0.2) is 4.79 Å². The summed E-state index contributed by atoms with van der Waals surface area (Å²) >= 11 is 0. The first-order chi connectivity index (χ1) is 11.2. The van der Waals surface area contributed by atoms with Crippen molar-refractivity contribution in [2.75, 3.05) is 38.2 Å². The number of hydrogen-bond donors (Lipinski definition) is 2. The van der Waals surface area contributed by atoms with Gasteiger partial charge in [-0.2, -0.15) is 13.2 Å². The quantitative estimate of drug-likeness (QED) is 0.423. The van der Waals surface area contributed by atoms with Gasteiger partial charge in [0.15, 0.2) is 0 Å². The predicted octanol–water partition coefficient (Wildman–Crippen LogP) is 2.00. The largest absolute Gasteiger partial charge is 0.411 e. The molecule has 24 heavy (non-hydrogen) atoms. The number of amides is 2. The molecule has 0 heterocycles. The normalized spacial score (nSPS) is 11.2. The Labute approximate surface area is 135 Å². The van der Waals surface area contributed by atoms with Crippen LogP contribution in [0.1, 0.15) is 0 Å². The molecule has 11 heteroatoms. The van der Waals surface area contributed by atoms with Crippen molar-refractivity contribution in [2.24, 2.45) is 0 Å². The maximum atomic E-state index is 12.0. The molecule has 1 aromatic carbocycles. The average molecular weight is 351 g/mol. The van der Waals surface area contributed by atoms with E-state index in [-0.39, 0.29) is 31.1 Å². The van der Waals surface area contributed by atoms with E-state index in [1.807, 2.05) is 0 Å². The number of nitro groups is 1. The first-order valence-electron chi connectivity index (χ1n) is 6.78. The summed E-state index contributed by atoms with van der Waals surface area (Å²) in [4.78, 5) is 23.1. The summed E-state index contributed by atoms with van der Waals surface area (Å²) < 4.78 is 40.3. The van der Waals surface area contributed by atoms with Crippen molar-refractivity contribution in [2.45, 2.75) is 6.18 Å². The first-order valence-corrected chi connectivity index (χ1v) is 6.78. The number of hydrogen-bond acceptors (Lipinski definition) is 5. The third kappa shape index (κ3) is 7.24. The molecule has 134 valence electrons. The van der Waals surface area contributed by atoms with E-state index in [4.69, 9.17) is 5.11 Å². The molecule has 0 radical (unpaired) electrons. The van der Waals surface area contributed by atoms with E-state index in [2.05, 4.69) is 10.1 Å². The standard InChI is InChI=1S/C13H16F3N3O5/c14-13(15,16)9-24-7-5-18(4-6-20)12(21)17-10-2-1-3-11(8-10)19(22)23/h1-3,8,20H,4-7,9H2,(H,17,21). The first kappa shape index (κ1) is 19.6. The molecular weight excluding hydrogens is 335 g/mol. The number of nitrogens with zero attached hydrogens (tertiary/aromatic N) is 2. The van der Waals surface area contributed by atoms with Gasteiger partial charge in [0.25, 0.3) is 5.69 Å². The van der Waals surface area contributed by atoms with Crippen LogP contribution in [0.4, 0.5) is 29.3 Å². The zero-order valence-corrected chi connectivity index (χ0v) is 12.5. The van der Waals surface area contributed by atoms with E-state index in [0.717, 1.165) is 11.0 Å². The number of rotatable bonds is 8. The van der Waals surface area contributed by atoms with Gasteiger partial charge in [0, 0.05) is 30.9 Å². The lowest BCUT2D eigenvalue weighted by molar-refractivity contribution is -0.384. The molecule has 8 nitrogen and oxygen atoms in total. The Morgan fingerprint density at radius 1 is 1.38 bits per heavy atom. The molecule has 0 aromatic heterocycles. The molecule has 0 spiro atoms. The fourth-order valence-electron chi connectivity index (χ4n) is 1.70. The van der Waals surface area contributed by atoms with Crippen LogP contribution in [0.3, 0.4) is 0 Å². The number of aliphatic hydroxyl groups is 1. The number of nitrogens with one attached hydrogen (secondary N) is 1. The zero-order chi connectivity index (χ0) is 18.2. The molecular formula is C13H16F3N3O5. The topological polar surface area (TPSA) is 105 Å². The molecule has 0 saturated carbocycles. The van der Waals surface area contributed by atoms with Crippen molar-refractivity contribution in [3.05, 3.63) is 34.4 Å². The number of urea groups is 1. The summed E-state index contributed by atoms with van der Waals surface area (Å²) in [6.45, 7) is -2.52. The number of anilines is 1. The summed E-state index contributed by atoms with van der Waals surface area (Å²) in [7, 11) is 0. The molecule has 0 bridgehead atoms. The van der Waals surface area contributed by atoms with Crippen molar-refractivity contribution in [1.29, 1.82) is 0 Å². The smallest absolute Gasteiger partial charge is 0.395 e. The van der Waals surface area contributed by atoms with Gasteiger partial charge in [-0.3, -0.25) is 10.1 Å². The van der Waals surface area contributed by atoms with Crippen LogP contribution < -0.4 is 5.32 Å². The summed E-state index contributed by atoms with van der Waals surface area (Å²) in [6, 6.07) is 4.44. The van der Waals surface area contributed by atoms with Crippen LogP contribution in [0.2, 0.25) is 0 Å². The van der Waals surface area contributed by atoms with Crippen LogP contribution >= 0.6 is 0 Å². The van der Waals surface area contributed by atoms with E-state index < -0.39 is 30.3 Å². The van der Waals surface area contributed by atoms with Crippen LogP contribution in [0, 0.1) is 10.1 Å². The number of carbonyl (C=O) groups is 1. The molecule has 0 fully saturated rings. The van der Waals surface area contributed by atoms with Crippen LogP contribution in [-0.4, -0.2) is 60.0 Å². The molecule has 2 amide bonds. The van der Waals surface area contributed by atoms with Gasteiger partial charge in [0.2, 0.25) is 0 Å². The monoisotopic (exact) mass is 351 g/mol. The van der Waals surface area contributed by atoms with Gasteiger partial charge in [-0.1, -0.05) is 6.07 Å². The minimum atomic E-state index is -4.47. The Hall–Kier alpha value is -2.40. The van der Waals surface area contributed by atoms with Gasteiger partial charge in [0.1, 0.15) is 6.61 Å². The second-order valence-corrected chi connectivity index (χ2v) is 4.62. The second-order valence-electron chi connectivity index (χ2n) is 4.62. The van der Waals surface area contributed by atoms with Crippen LogP contribution in [0.15, 0.2) is 24.3 Å². The van der Waals surface area contributed by atoms with Crippen molar-refractivity contribution in [1.82, 2.24) is 4.90 Å². The highest BCUT2D eigenvalue weighted by atomic mass is 19.4. The minimum absolute atomic E-state index is 0.129. The molecule has 0 saturated heterocycles. The Morgan fingerprint density at radius 2 is 2.08 bits per heavy atom. The number of non-ortho nitro benzene ring substituents is 1. The third-order valence-corrected chi connectivity index (χ3v) is 2.74. The Balaban J connectivity index is 2.59. The number of alkyl halides is 3. The van der Waals surface area contributed by atoms with Crippen molar-refractivity contribution in [3.8, 4) is 0 Å². The highest BCUT2D eigenvalue weighted by Gasteiger charge is 2.27. The maximum absolute atomic E-state index is 12.0. The lowest BCUT2D eigenvalue weighted by Crippen LogP contribution is -2.39. The van der Waals surface area contributed by atoms with Gasteiger partial charge in [-0.05, 0) is 6.07 Å². The van der Waals surface area contributed by atoms with Crippen LogP contribution in [-0.2, 0) is 4.74 Å². The van der Waals surface area contributed by atoms with Crippen LogP contribution in [0.25, 0.3) is 0 Å². The highest BCUT2D eigenvalue weighted by molar-refractivity contribution is 5.89. The van der Waals surface area contributed by atoms with E-state index in [1.54, 1.807) is 0 Å². The van der Waals surface area contributed by atoms with E-state index in [0.29, 0.717) is 0 Å². The zero-order valence-electron chi connectivity index (χ0n) is 12.5. The molecule has 2 N–H and O–H groups in total. The lowest BCUT2D eigenvalue weighted by Gasteiger charge is -2.22. The van der Waals surface area contributed by atoms with E-state index >= 15 is 0 Å². The fraction of sp³-hybridized carbons (Fsp3) is 0.462. The van der Waals surface area contributed by atoms with E-state index in [1.165, 1.54) is 18.2 Å². The Bertz CT molecular complexity index is 568. The molecule has 1 rings (SSSR count). The summed E-state index contributed by atoms with van der Waals surface area (Å²) in [6.07, 6.45) is -4.47. The van der Waals surface area contributed by atoms with Crippen LogP contribution in [0.5, 0.6) is 0 Å². The number of ether oxygens (including phenoxy) is 1. The second kappa shape index (κ2) is 9.03. The molecule has 0 aliphatic rings. The summed E-state index contributed by atoms with van der Waals surface area (Å²) in [5.41, 5.74) is -0.0802.